The van der Waals surface area contributed by atoms with Gasteiger partial charge in [-0.15, -0.1) is 0 Å². The number of aryl methyl sites for hydroxylation is 1. The molecule has 70 valence electrons. The van der Waals surface area contributed by atoms with E-state index in [0.29, 0.717) is 5.56 Å². The molecule has 0 aliphatic carbocycles. The van der Waals surface area contributed by atoms with Gasteiger partial charge in [0.25, 0.3) is 0 Å². The third-order valence-corrected chi connectivity index (χ3v) is 2.36. The molecule has 1 aromatic carbocycles. The van der Waals surface area contributed by atoms with Crippen molar-refractivity contribution >= 4 is 10.1 Å². The van der Waals surface area contributed by atoms with Crippen LogP contribution >= 0.6 is 0 Å². The fourth-order valence-electron chi connectivity index (χ4n) is 0.837. The number of hydrogen-bond donors (Lipinski definition) is 0. The van der Waals surface area contributed by atoms with Crippen LogP contribution in [0.3, 0.4) is 0 Å². The Balaban J connectivity index is 0.00000121. The zero-order valence-corrected chi connectivity index (χ0v) is 9.23. The summed E-state index contributed by atoms with van der Waals surface area (Å²) in [4.78, 5) is -0.139. The molecule has 3 nitrogen and oxygen atoms in total. The van der Waals surface area contributed by atoms with Gasteiger partial charge >= 0.3 is 22.4 Å². The molecule has 0 unspecified atom stereocenters. The van der Waals surface area contributed by atoms with E-state index in [0.717, 1.165) is 0 Å². The van der Waals surface area contributed by atoms with Gasteiger partial charge in [-0.05, 0) is 18.6 Å². The molecule has 5 heteroatoms. The Bertz CT molecular complexity index is 359. The van der Waals surface area contributed by atoms with E-state index in [1.807, 2.05) is 0 Å². The first-order valence-corrected chi connectivity index (χ1v) is 4.44. The molecule has 0 aromatic heterocycles. The standard InChI is InChI=1S/C7H8O3S.Au/c1-6-4-2-3-5-7(6)11(8,9)10;/h2-5H,1H3,(H,8,9,10);/q;+1/p-1. The van der Waals surface area contributed by atoms with Crippen molar-refractivity contribution < 1.29 is 35.4 Å². The van der Waals surface area contributed by atoms with Crippen LogP contribution in [0.25, 0.3) is 0 Å². The molecule has 0 spiro atoms. The Labute approximate surface area is 87.1 Å². The second-order valence-corrected chi connectivity index (χ2v) is 3.57. The van der Waals surface area contributed by atoms with Crippen molar-refractivity contribution in [3.05, 3.63) is 29.8 Å². The SMILES string of the molecule is Cc1ccccc1S(=O)(=O)[O-].[Au+]. The first-order valence-electron chi connectivity index (χ1n) is 3.03. The second-order valence-electron chi connectivity index (χ2n) is 2.22. The number of hydrogen-bond acceptors (Lipinski definition) is 3. The van der Waals surface area contributed by atoms with Gasteiger partial charge in [0.1, 0.15) is 10.1 Å². The molecule has 0 radical (unpaired) electrons. The maximum Gasteiger partial charge on any atom is 1.00 e. The number of benzene rings is 1. The molecular weight excluding hydrogens is 361 g/mol. The molecule has 0 saturated heterocycles. The molecular formula is C7H7AuO3S. The van der Waals surface area contributed by atoms with Gasteiger partial charge in [0, 0.05) is 0 Å². The maximum absolute atomic E-state index is 10.5. The minimum Gasteiger partial charge on any atom is -0.744 e. The summed E-state index contributed by atoms with van der Waals surface area (Å²) < 4.78 is 31.5. The molecule has 0 aliphatic heterocycles. The van der Waals surface area contributed by atoms with Crippen LogP contribution in [0.4, 0.5) is 0 Å². The van der Waals surface area contributed by atoms with E-state index in [-0.39, 0.29) is 27.3 Å². The van der Waals surface area contributed by atoms with Crippen LogP contribution in [0.5, 0.6) is 0 Å². The van der Waals surface area contributed by atoms with Gasteiger partial charge in [-0.25, -0.2) is 8.42 Å². The maximum atomic E-state index is 10.5. The van der Waals surface area contributed by atoms with Crippen LogP contribution in [0, 0.1) is 6.92 Å². The molecule has 0 amide bonds. The van der Waals surface area contributed by atoms with Crippen molar-refractivity contribution in [1.29, 1.82) is 0 Å². The van der Waals surface area contributed by atoms with E-state index in [2.05, 4.69) is 0 Å². The summed E-state index contributed by atoms with van der Waals surface area (Å²) in [6, 6.07) is 6.10. The largest absolute Gasteiger partial charge is 1.00 e. The molecule has 1 aromatic rings. The van der Waals surface area contributed by atoms with E-state index < -0.39 is 10.1 Å². The molecule has 1 rings (SSSR count). The summed E-state index contributed by atoms with van der Waals surface area (Å²) in [7, 11) is -4.28. The van der Waals surface area contributed by atoms with Crippen LogP contribution < -0.4 is 0 Å². The minimum atomic E-state index is -4.28. The van der Waals surface area contributed by atoms with Crippen molar-refractivity contribution in [2.45, 2.75) is 11.8 Å². The minimum absolute atomic E-state index is 0. The molecule has 12 heavy (non-hydrogen) atoms. The normalized spacial score (nSPS) is 10.5. The predicted octanol–water partition coefficient (Wildman–Crippen LogP) is 0.897. The molecule has 0 fully saturated rings. The van der Waals surface area contributed by atoms with E-state index in [1.165, 1.54) is 12.1 Å². The average molecular weight is 368 g/mol. The van der Waals surface area contributed by atoms with E-state index >= 15 is 0 Å². The van der Waals surface area contributed by atoms with Crippen molar-refractivity contribution in [3.8, 4) is 0 Å². The van der Waals surface area contributed by atoms with Gasteiger partial charge in [0.15, 0.2) is 0 Å². The van der Waals surface area contributed by atoms with Gasteiger partial charge in [0.2, 0.25) is 0 Å². The summed E-state index contributed by atoms with van der Waals surface area (Å²) in [6.45, 7) is 1.59. The van der Waals surface area contributed by atoms with E-state index in [4.69, 9.17) is 0 Å². The van der Waals surface area contributed by atoms with Gasteiger partial charge in [0.05, 0.1) is 4.90 Å². The zero-order valence-electron chi connectivity index (χ0n) is 6.24. The molecule has 0 bridgehead atoms. The van der Waals surface area contributed by atoms with Crippen LogP contribution in [0.2, 0.25) is 0 Å². The first kappa shape index (κ1) is 11.9. The Morgan fingerprint density at radius 1 is 1.25 bits per heavy atom. The quantitative estimate of drug-likeness (QED) is 0.547. The summed E-state index contributed by atoms with van der Waals surface area (Å²) >= 11 is 0. The van der Waals surface area contributed by atoms with Crippen molar-refractivity contribution in [3.63, 3.8) is 0 Å². The Hall–Kier alpha value is -0.130. The second kappa shape index (κ2) is 4.20. The van der Waals surface area contributed by atoms with Crippen LogP contribution in [-0.4, -0.2) is 13.0 Å². The fraction of sp³-hybridized carbons (Fsp3) is 0.143. The Morgan fingerprint density at radius 3 is 2.08 bits per heavy atom. The summed E-state index contributed by atoms with van der Waals surface area (Å²) in [5.41, 5.74) is 0.488. The third kappa shape index (κ3) is 2.73. The van der Waals surface area contributed by atoms with Crippen molar-refractivity contribution in [2.75, 3.05) is 0 Å². The Kier molecular flexibility index (Phi) is 4.16. The van der Waals surface area contributed by atoms with Gasteiger partial charge in [-0.1, -0.05) is 18.2 Å². The molecule has 0 heterocycles. The molecule has 0 atom stereocenters. The average Bonchev–Trinajstić information content (AvgIpc) is 1.86. The van der Waals surface area contributed by atoms with Gasteiger partial charge < -0.3 is 4.55 Å². The van der Waals surface area contributed by atoms with E-state index in [9.17, 15) is 13.0 Å². The predicted molar refractivity (Wildman–Crippen MR) is 39.1 cm³/mol. The van der Waals surface area contributed by atoms with Gasteiger partial charge in [-0.3, -0.25) is 0 Å². The van der Waals surface area contributed by atoms with Crippen LogP contribution in [-0.2, 0) is 32.5 Å². The van der Waals surface area contributed by atoms with E-state index in [1.54, 1.807) is 19.1 Å². The summed E-state index contributed by atoms with van der Waals surface area (Å²) in [5.74, 6) is 0. The zero-order chi connectivity index (χ0) is 8.48. The molecule has 0 aliphatic rings. The Morgan fingerprint density at radius 2 is 1.75 bits per heavy atom. The van der Waals surface area contributed by atoms with Crippen molar-refractivity contribution in [1.82, 2.24) is 0 Å². The third-order valence-electron chi connectivity index (χ3n) is 1.36. The van der Waals surface area contributed by atoms with Gasteiger partial charge in [-0.2, -0.15) is 0 Å². The monoisotopic (exact) mass is 368 g/mol. The smallest absolute Gasteiger partial charge is 0.744 e. The topological polar surface area (TPSA) is 57.2 Å². The summed E-state index contributed by atoms with van der Waals surface area (Å²) in [6.07, 6.45) is 0. The fourth-order valence-corrected chi connectivity index (χ4v) is 1.54. The summed E-state index contributed by atoms with van der Waals surface area (Å²) in [5, 5.41) is 0. The molecule has 0 N–H and O–H groups in total. The number of rotatable bonds is 1. The van der Waals surface area contributed by atoms with Crippen molar-refractivity contribution in [2.24, 2.45) is 0 Å². The van der Waals surface area contributed by atoms with Crippen LogP contribution in [0.1, 0.15) is 5.56 Å². The van der Waals surface area contributed by atoms with Crippen LogP contribution in [0.15, 0.2) is 29.2 Å². The first-order chi connectivity index (χ1) is 5.02. The molecule has 0 saturated carbocycles.